The number of hydrogen-bond donors (Lipinski definition) is 2. The van der Waals surface area contributed by atoms with Crippen LogP contribution in [0.5, 0.6) is 0 Å². The largest absolute Gasteiger partial charge is 0.336 e. The van der Waals surface area contributed by atoms with Crippen LogP contribution in [0.3, 0.4) is 0 Å². The molecule has 1 atom stereocenters. The Hall–Kier alpha value is -2.15. The highest BCUT2D eigenvalue weighted by Crippen LogP contribution is 2.26. The van der Waals surface area contributed by atoms with Gasteiger partial charge in [0.05, 0.1) is 4.92 Å². The Kier molecular flexibility index (Phi) is 4.74. The van der Waals surface area contributed by atoms with E-state index in [4.69, 9.17) is 5.84 Å². The predicted molar refractivity (Wildman–Crippen MR) is 79.9 cm³/mol. The first kappa shape index (κ1) is 15.2. The van der Waals surface area contributed by atoms with Crippen molar-refractivity contribution in [3.05, 3.63) is 33.9 Å². The lowest BCUT2D eigenvalue weighted by Crippen LogP contribution is -2.38. The molecule has 0 aliphatic carbocycles. The van der Waals surface area contributed by atoms with Gasteiger partial charge >= 0.3 is 0 Å². The number of nitrogens with one attached hydrogen (secondary N) is 1. The summed E-state index contributed by atoms with van der Waals surface area (Å²) in [4.78, 5) is 24.9. The van der Waals surface area contributed by atoms with E-state index in [0.29, 0.717) is 12.1 Å². The van der Waals surface area contributed by atoms with Crippen LogP contribution < -0.4 is 11.3 Å². The molecule has 0 spiro atoms. The molecule has 7 heteroatoms. The van der Waals surface area contributed by atoms with E-state index in [-0.39, 0.29) is 23.3 Å². The highest BCUT2D eigenvalue weighted by atomic mass is 16.6. The number of nitrogens with two attached hydrogens (primary N) is 1. The maximum atomic E-state index is 12.6. The van der Waals surface area contributed by atoms with Crippen LogP contribution in [0.1, 0.15) is 43.0 Å². The summed E-state index contributed by atoms with van der Waals surface area (Å²) in [7, 11) is 0. The van der Waals surface area contributed by atoms with Crippen molar-refractivity contribution in [1.29, 1.82) is 0 Å². The molecular formula is C14H20N4O3. The van der Waals surface area contributed by atoms with Crippen LogP contribution in [0, 0.1) is 10.1 Å². The van der Waals surface area contributed by atoms with Crippen molar-refractivity contribution in [3.63, 3.8) is 0 Å². The maximum Gasteiger partial charge on any atom is 0.294 e. The fourth-order valence-electron chi connectivity index (χ4n) is 2.68. The number of nitrogens with zero attached hydrogens (tertiary/aromatic N) is 2. The van der Waals surface area contributed by atoms with E-state index in [0.717, 1.165) is 25.7 Å². The van der Waals surface area contributed by atoms with Crippen molar-refractivity contribution in [2.75, 3.05) is 12.0 Å². The molecule has 2 rings (SSSR count). The third kappa shape index (κ3) is 3.30. The zero-order chi connectivity index (χ0) is 15.4. The number of hydrazine groups is 1. The highest BCUT2D eigenvalue weighted by molar-refractivity contribution is 5.96. The number of likely N-dealkylation sites (tertiary alicyclic amines) is 1. The Balaban J connectivity index is 2.30. The number of benzene rings is 1. The van der Waals surface area contributed by atoms with Crippen molar-refractivity contribution in [1.82, 2.24) is 4.90 Å². The predicted octanol–water partition coefficient (Wildman–Crippen LogP) is 2.29. The van der Waals surface area contributed by atoms with Crippen molar-refractivity contribution in [2.24, 2.45) is 5.84 Å². The topological polar surface area (TPSA) is 102 Å². The summed E-state index contributed by atoms with van der Waals surface area (Å²) in [6, 6.07) is 4.48. The fraction of sp³-hybridized carbons (Fsp3) is 0.500. The monoisotopic (exact) mass is 292 g/mol. The van der Waals surface area contributed by atoms with Gasteiger partial charge in [-0.05, 0) is 31.9 Å². The van der Waals surface area contributed by atoms with Crippen LogP contribution in [0.2, 0.25) is 0 Å². The summed E-state index contributed by atoms with van der Waals surface area (Å²) < 4.78 is 0. The summed E-state index contributed by atoms with van der Waals surface area (Å²) in [5.74, 6) is 5.09. The number of carbonyl (C=O) groups is 1. The third-order valence-electron chi connectivity index (χ3n) is 3.91. The number of hydrogen-bond acceptors (Lipinski definition) is 5. The van der Waals surface area contributed by atoms with E-state index in [2.05, 4.69) is 5.43 Å². The van der Waals surface area contributed by atoms with Crippen molar-refractivity contribution < 1.29 is 9.72 Å². The zero-order valence-corrected chi connectivity index (χ0v) is 12.0. The van der Waals surface area contributed by atoms with E-state index in [9.17, 15) is 14.9 Å². The summed E-state index contributed by atoms with van der Waals surface area (Å²) >= 11 is 0. The molecule has 1 amide bonds. The first-order chi connectivity index (χ1) is 10.0. The van der Waals surface area contributed by atoms with Crippen LogP contribution in [0.25, 0.3) is 0 Å². The SMILES string of the molecule is CC1CCCCCN1C(=O)c1ccc(NN)c([N+](=O)[O-])c1. The number of carbonyl (C=O) groups excluding carboxylic acids is 1. The second-order valence-electron chi connectivity index (χ2n) is 5.33. The lowest BCUT2D eigenvalue weighted by Gasteiger charge is -2.27. The van der Waals surface area contributed by atoms with Crippen molar-refractivity contribution >= 4 is 17.3 Å². The summed E-state index contributed by atoms with van der Waals surface area (Å²) in [5, 5.41) is 11.0. The number of amides is 1. The molecule has 1 unspecified atom stereocenters. The second kappa shape index (κ2) is 6.53. The smallest absolute Gasteiger partial charge is 0.294 e. The molecule has 1 fully saturated rings. The molecule has 21 heavy (non-hydrogen) atoms. The Morgan fingerprint density at radius 2 is 2.19 bits per heavy atom. The van der Waals surface area contributed by atoms with E-state index >= 15 is 0 Å². The molecule has 0 aromatic heterocycles. The molecule has 0 radical (unpaired) electrons. The normalized spacial score (nSPS) is 19.0. The van der Waals surface area contributed by atoms with Gasteiger partial charge < -0.3 is 10.3 Å². The summed E-state index contributed by atoms with van der Waals surface area (Å²) in [6.07, 6.45) is 4.17. The lowest BCUT2D eigenvalue weighted by atomic mass is 10.1. The summed E-state index contributed by atoms with van der Waals surface area (Å²) in [6.45, 7) is 2.72. The Labute approximate surface area is 123 Å². The Bertz CT molecular complexity index is 547. The van der Waals surface area contributed by atoms with Gasteiger partial charge in [-0.2, -0.15) is 0 Å². The van der Waals surface area contributed by atoms with Gasteiger partial charge in [0, 0.05) is 24.2 Å². The Morgan fingerprint density at radius 1 is 1.43 bits per heavy atom. The molecule has 1 saturated heterocycles. The number of nitrogen functional groups attached to an aromatic ring is 1. The van der Waals surface area contributed by atoms with Crippen molar-refractivity contribution in [3.8, 4) is 0 Å². The van der Waals surface area contributed by atoms with Crippen LogP contribution in [-0.2, 0) is 0 Å². The van der Waals surface area contributed by atoms with Crippen LogP contribution in [-0.4, -0.2) is 28.3 Å². The highest BCUT2D eigenvalue weighted by Gasteiger charge is 2.25. The van der Waals surface area contributed by atoms with E-state index in [1.807, 2.05) is 11.8 Å². The van der Waals surface area contributed by atoms with Gasteiger partial charge in [-0.1, -0.05) is 12.8 Å². The molecule has 0 bridgehead atoms. The zero-order valence-electron chi connectivity index (χ0n) is 12.0. The first-order valence-electron chi connectivity index (χ1n) is 7.10. The second-order valence-corrected chi connectivity index (χ2v) is 5.33. The molecule has 114 valence electrons. The molecule has 1 aliphatic rings. The van der Waals surface area contributed by atoms with E-state index < -0.39 is 4.92 Å². The van der Waals surface area contributed by atoms with Gasteiger partial charge in [0.25, 0.3) is 11.6 Å². The van der Waals surface area contributed by atoms with E-state index in [1.54, 1.807) is 6.07 Å². The molecule has 0 saturated carbocycles. The molecule has 3 N–H and O–H groups in total. The number of anilines is 1. The number of nitro benzene ring substituents is 1. The molecule has 7 nitrogen and oxygen atoms in total. The molecule has 1 heterocycles. The van der Waals surface area contributed by atoms with Crippen LogP contribution in [0.15, 0.2) is 18.2 Å². The van der Waals surface area contributed by atoms with Crippen LogP contribution in [0.4, 0.5) is 11.4 Å². The van der Waals surface area contributed by atoms with Gasteiger partial charge in [0.2, 0.25) is 0 Å². The van der Waals surface area contributed by atoms with Gasteiger partial charge in [-0.15, -0.1) is 0 Å². The Morgan fingerprint density at radius 3 is 2.86 bits per heavy atom. The minimum Gasteiger partial charge on any atom is -0.336 e. The van der Waals surface area contributed by atoms with Gasteiger partial charge in [-0.25, -0.2) is 0 Å². The minimum atomic E-state index is -0.544. The average Bonchev–Trinajstić information content (AvgIpc) is 2.70. The third-order valence-corrected chi connectivity index (χ3v) is 3.91. The number of nitro groups is 1. The van der Waals surface area contributed by atoms with Crippen molar-refractivity contribution in [2.45, 2.75) is 38.6 Å². The molecule has 1 aliphatic heterocycles. The standard InChI is InChI=1S/C14H20N4O3/c1-10-5-3-2-4-8-17(10)14(19)11-6-7-12(16-15)13(9-11)18(20)21/h6-7,9-10,16H,2-5,8,15H2,1H3. The summed E-state index contributed by atoms with van der Waals surface area (Å²) in [5.41, 5.74) is 2.61. The fourth-order valence-corrected chi connectivity index (χ4v) is 2.68. The number of rotatable bonds is 3. The molecular weight excluding hydrogens is 272 g/mol. The van der Waals surface area contributed by atoms with Gasteiger partial charge in [0.15, 0.2) is 0 Å². The quantitative estimate of drug-likeness (QED) is 0.505. The maximum absolute atomic E-state index is 12.6. The lowest BCUT2D eigenvalue weighted by molar-refractivity contribution is -0.384. The average molecular weight is 292 g/mol. The first-order valence-corrected chi connectivity index (χ1v) is 7.10. The molecule has 1 aromatic carbocycles. The van der Waals surface area contributed by atoms with Gasteiger partial charge in [-0.3, -0.25) is 20.8 Å². The van der Waals surface area contributed by atoms with Crippen LogP contribution >= 0.6 is 0 Å². The van der Waals surface area contributed by atoms with Gasteiger partial charge in [0.1, 0.15) is 5.69 Å². The molecule has 1 aromatic rings. The van der Waals surface area contributed by atoms with E-state index in [1.165, 1.54) is 12.1 Å². The minimum absolute atomic E-state index is 0.156.